The fraction of sp³-hybridized carbons (Fsp3) is 0.154. The molecule has 3 rings (SSSR count). The highest BCUT2D eigenvalue weighted by Gasteiger charge is 2.13. The molecule has 1 N–H and O–H groups in total. The second-order valence-electron chi connectivity index (χ2n) is 4.31. The zero-order valence-electron chi connectivity index (χ0n) is 10.5. The third-order valence-electron chi connectivity index (χ3n) is 2.93. The Bertz CT molecular complexity index is 730. The van der Waals surface area contributed by atoms with Crippen LogP contribution in [0, 0.1) is 6.92 Å². The van der Waals surface area contributed by atoms with Crippen molar-refractivity contribution in [2.24, 2.45) is 7.05 Å². The van der Waals surface area contributed by atoms with E-state index in [-0.39, 0.29) is 5.75 Å². The standard InChI is InChI=1S/C13H12N4O2/c1-8-3-4-9(5-11(8)18)13-15-12(16-19-13)10-6-14-7-17(10)2/h3-7,18H,1-2H3. The van der Waals surface area contributed by atoms with Crippen LogP contribution in [0.5, 0.6) is 5.75 Å². The minimum atomic E-state index is 0.206. The van der Waals surface area contributed by atoms with E-state index < -0.39 is 0 Å². The van der Waals surface area contributed by atoms with Crippen molar-refractivity contribution in [3.63, 3.8) is 0 Å². The fourth-order valence-electron chi connectivity index (χ4n) is 1.76. The number of hydrogen-bond acceptors (Lipinski definition) is 5. The van der Waals surface area contributed by atoms with E-state index in [1.54, 1.807) is 29.2 Å². The average molecular weight is 256 g/mol. The first kappa shape index (κ1) is 11.5. The summed E-state index contributed by atoms with van der Waals surface area (Å²) >= 11 is 0. The van der Waals surface area contributed by atoms with Crippen LogP contribution in [0.4, 0.5) is 0 Å². The van der Waals surface area contributed by atoms with Crippen LogP contribution in [0.3, 0.4) is 0 Å². The molecule has 0 amide bonds. The van der Waals surface area contributed by atoms with Gasteiger partial charge in [-0.05, 0) is 24.6 Å². The highest BCUT2D eigenvalue weighted by atomic mass is 16.5. The number of aryl methyl sites for hydroxylation is 2. The Morgan fingerprint density at radius 3 is 2.84 bits per heavy atom. The maximum atomic E-state index is 9.69. The van der Waals surface area contributed by atoms with Gasteiger partial charge in [-0.1, -0.05) is 11.2 Å². The first-order valence-corrected chi connectivity index (χ1v) is 5.75. The van der Waals surface area contributed by atoms with Gasteiger partial charge < -0.3 is 14.2 Å². The summed E-state index contributed by atoms with van der Waals surface area (Å²) in [4.78, 5) is 8.31. The van der Waals surface area contributed by atoms with Crippen molar-refractivity contribution in [3.05, 3.63) is 36.3 Å². The van der Waals surface area contributed by atoms with Crippen molar-refractivity contribution in [2.45, 2.75) is 6.92 Å². The van der Waals surface area contributed by atoms with Crippen molar-refractivity contribution >= 4 is 0 Å². The zero-order chi connectivity index (χ0) is 13.4. The molecule has 0 saturated carbocycles. The van der Waals surface area contributed by atoms with Crippen LogP contribution in [-0.4, -0.2) is 24.8 Å². The predicted octanol–water partition coefficient (Wildman–Crippen LogP) is 2.15. The van der Waals surface area contributed by atoms with Crippen LogP contribution in [0.15, 0.2) is 35.2 Å². The van der Waals surface area contributed by atoms with E-state index in [0.29, 0.717) is 17.3 Å². The maximum absolute atomic E-state index is 9.69. The monoisotopic (exact) mass is 256 g/mol. The average Bonchev–Trinajstić information content (AvgIpc) is 3.01. The highest BCUT2D eigenvalue weighted by Crippen LogP contribution is 2.26. The minimum Gasteiger partial charge on any atom is -0.508 e. The quantitative estimate of drug-likeness (QED) is 0.760. The van der Waals surface area contributed by atoms with Crippen molar-refractivity contribution in [1.82, 2.24) is 19.7 Å². The lowest BCUT2D eigenvalue weighted by atomic mass is 10.1. The lowest BCUT2D eigenvalue weighted by molar-refractivity contribution is 0.431. The molecule has 0 atom stereocenters. The summed E-state index contributed by atoms with van der Waals surface area (Å²) in [5, 5.41) is 13.6. The molecule has 0 aliphatic heterocycles. The molecule has 0 bridgehead atoms. The molecule has 0 aliphatic carbocycles. The maximum Gasteiger partial charge on any atom is 0.258 e. The molecule has 0 aliphatic rings. The van der Waals surface area contributed by atoms with Gasteiger partial charge in [-0.2, -0.15) is 4.98 Å². The molecule has 2 aromatic heterocycles. The molecule has 6 heteroatoms. The second-order valence-corrected chi connectivity index (χ2v) is 4.31. The number of nitrogens with zero attached hydrogens (tertiary/aromatic N) is 4. The molecule has 0 saturated heterocycles. The molecule has 96 valence electrons. The van der Waals surface area contributed by atoms with Crippen molar-refractivity contribution < 1.29 is 9.63 Å². The lowest BCUT2D eigenvalue weighted by Crippen LogP contribution is -1.90. The normalized spacial score (nSPS) is 10.8. The number of phenolic OH excluding ortho intramolecular Hbond substituents is 1. The van der Waals surface area contributed by atoms with Crippen LogP contribution >= 0.6 is 0 Å². The molecule has 1 aromatic carbocycles. The summed E-state index contributed by atoms with van der Waals surface area (Å²) in [6, 6.07) is 5.24. The molecule has 19 heavy (non-hydrogen) atoms. The number of phenols is 1. The van der Waals surface area contributed by atoms with Crippen molar-refractivity contribution in [1.29, 1.82) is 0 Å². The summed E-state index contributed by atoms with van der Waals surface area (Å²) in [5.74, 6) is 1.04. The van der Waals surface area contributed by atoms with E-state index in [1.807, 2.05) is 20.0 Å². The summed E-state index contributed by atoms with van der Waals surface area (Å²) in [6.07, 6.45) is 3.34. The summed E-state index contributed by atoms with van der Waals surface area (Å²) in [6.45, 7) is 1.83. The Labute approximate surface area is 109 Å². The first-order valence-electron chi connectivity index (χ1n) is 5.75. The molecule has 0 unspecified atom stereocenters. The number of imidazole rings is 1. The molecule has 0 fully saturated rings. The third-order valence-corrected chi connectivity index (χ3v) is 2.93. The van der Waals surface area contributed by atoms with E-state index in [0.717, 1.165) is 11.3 Å². The molecule has 3 aromatic rings. The minimum absolute atomic E-state index is 0.206. The van der Waals surface area contributed by atoms with Crippen molar-refractivity contribution in [2.75, 3.05) is 0 Å². The molecule has 0 radical (unpaired) electrons. The van der Waals surface area contributed by atoms with Gasteiger partial charge in [0.15, 0.2) is 0 Å². The van der Waals surface area contributed by atoms with E-state index >= 15 is 0 Å². The Kier molecular flexibility index (Phi) is 2.56. The van der Waals surface area contributed by atoms with Crippen LogP contribution in [0.25, 0.3) is 23.0 Å². The molecule has 2 heterocycles. The topological polar surface area (TPSA) is 77.0 Å². The number of aromatic hydroxyl groups is 1. The zero-order valence-corrected chi connectivity index (χ0v) is 10.5. The Hall–Kier alpha value is -2.63. The van der Waals surface area contributed by atoms with Gasteiger partial charge in [0.25, 0.3) is 5.89 Å². The predicted molar refractivity (Wildman–Crippen MR) is 68.3 cm³/mol. The number of hydrogen-bond donors (Lipinski definition) is 1. The molecular weight excluding hydrogens is 244 g/mol. The third kappa shape index (κ3) is 1.97. The molecule has 0 spiro atoms. The van der Waals surface area contributed by atoms with Crippen LogP contribution in [-0.2, 0) is 7.05 Å². The second kappa shape index (κ2) is 4.24. The summed E-state index contributed by atoms with van der Waals surface area (Å²) < 4.78 is 7.02. The van der Waals surface area contributed by atoms with Gasteiger partial charge in [-0.3, -0.25) is 0 Å². The van der Waals surface area contributed by atoms with E-state index in [9.17, 15) is 5.11 Å². The number of benzene rings is 1. The van der Waals surface area contributed by atoms with Gasteiger partial charge in [0, 0.05) is 12.6 Å². The summed E-state index contributed by atoms with van der Waals surface area (Å²) in [5.41, 5.74) is 2.26. The van der Waals surface area contributed by atoms with Gasteiger partial charge in [-0.15, -0.1) is 0 Å². The largest absolute Gasteiger partial charge is 0.508 e. The molecule has 6 nitrogen and oxygen atoms in total. The van der Waals surface area contributed by atoms with Crippen molar-refractivity contribution in [3.8, 4) is 28.7 Å². The van der Waals surface area contributed by atoms with Crippen LogP contribution in [0.1, 0.15) is 5.56 Å². The number of aromatic nitrogens is 4. The number of rotatable bonds is 2. The summed E-state index contributed by atoms with van der Waals surface area (Å²) in [7, 11) is 1.86. The first-order chi connectivity index (χ1) is 9.15. The van der Waals surface area contributed by atoms with Gasteiger partial charge in [0.2, 0.25) is 5.82 Å². The van der Waals surface area contributed by atoms with E-state index in [1.165, 1.54) is 0 Å². The molecular formula is C13H12N4O2. The van der Waals surface area contributed by atoms with Gasteiger partial charge in [0.1, 0.15) is 11.4 Å². The SMILES string of the molecule is Cc1ccc(-c2nc(-c3cncn3C)no2)cc1O. The fourth-order valence-corrected chi connectivity index (χ4v) is 1.76. The Morgan fingerprint density at radius 1 is 1.32 bits per heavy atom. The van der Waals surface area contributed by atoms with E-state index in [4.69, 9.17) is 4.52 Å². The van der Waals surface area contributed by atoms with Gasteiger partial charge >= 0.3 is 0 Å². The smallest absolute Gasteiger partial charge is 0.258 e. The highest BCUT2D eigenvalue weighted by molar-refractivity contribution is 5.60. The lowest BCUT2D eigenvalue weighted by Gasteiger charge is -1.99. The Morgan fingerprint density at radius 2 is 2.16 bits per heavy atom. The van der Waals surface area contributed by atoms with Crippen LogP contribution in [0.2, 0.25) is 0 Å². The van der Waals surface area contributed by atoms with Gasteiger partial charge in [0.05, 0.1) is 12.5 Å². The van der Waals surface area contributed by atoms with Gasteiger partial charge in [-0.25, -0.2) is 4.98 Å². The Balaban J connectivity index is 2.01. The van der Waals surface area contributed by atoms with E-state index in [2.05, 4.69) is 15.1 Å². The van der Waals surface area contributed by atoms with Crippen LogP contribution < -0.4 is 0 Å².